The number of thiazole rings is 1. The van der Waals surface area contributed by atoms with Crippen LogP contribution in [0, 0.1) is 5.82 Å². The van der Waals surface area contributed by atoms with Gasteiger partial charge in [0.1, 0.15) is 5.82 Å². The summed E-state index contributed by atoms with van der Waals surface area (Å²) in [6.45, 7) is 1.39. The van der Waals surface area contributed by atoms with E-state index in [9.17, 15) is 14.0 Å². The number of amides is 1. The fraction of sp³-hybridized carbons (Fsp3) is 0.0714. The van der Waals surface area contributed by atoms with Crippen molar-refractivity contribution in [2.45, 2.75) is 6.92 Å². The second-order valence-corrected chi connectivity index (χ2v) is 4.99. The highest BCUT2D eigenvalue weighted by Gasteiger charge is 2.06. The van der Waals surface area contributed by atoms with Crippen LogP contribution >= 0.6 is 11.3 Å². The molecule has 0 radical (unpaired) electrons. The fourth-order valence-corrected chi connectivity index (χ4v) is 2.27. The zero-order chi connectivity index (χ0) is 15.4. The molecule has 0 spiro atoms. The van der Waals surface area contributed by atoms with Crippen LogP contribution in [0.15, 0.2) is 23.6 Å². The molecule has 1 amide bonds. The Morgan fingerprint density at radius 2 is 2.14 bits per heavy atom. The second-order valence-electron chi connectivity index (χ2n) is 4.13. The van der Waals surface area contributed by atoms with Crippen LogP contribution in [0.1, 0.15) is 28.5 Å². The van der Waals surface area contributed by atoms with Crippen LogP contribution in [-0.4, -0.2) is 22.0 Å². The molecule has 2 aromatic rings. The number of aromatic carboxylic acids is 1. The lowest BCUT2D eigenvalue weighted by Crippen LogP contribution is -2.04. The van der Waals surface area contributed by atoms with Crippen LogP contribution in [0.5, 0.6) is 0 Å². The summed E-state index contributed by atoms with van der Waals surface area (Å²) in [5, 5.41) is 13.5. The summed E-state index contributed by atoms with van der Waals surface area (Å²) in [5.74, 6) is -2.01. The summed E-state index contributed by atoms with van der Waals surface area (Å²) in [6, 6.07) is 3.68. The molecular weight excluding hydrogens is 295 g/mol. The van der Waals surface area contributed by atoms with Gasteiger partial charge in [-0.1, -0.05) is 6.07 Å². The molecule has 0 aliphatic carbocycles. The predicted molar refractivity (Wildman–Crippen MR) is 78.7 cm³/mol. The SMILES string of the molecule is CC(=O)Nc1nc(/C=C/c2ccc(C(=O)O)cc2F)cs1. The van der Waals surface area contributed by atoms with Crippen molar-refractivity contribution in [1.82, 2.24) is 4.98 Å². The number of rotatable bonds is 4. The molecule has 0 fully saturated rings. The zero-order valence-electron chi connectivity index (χ0n) is 11.0. The summed E-state index contributed by atoms with van der Waals surface area (Å²) in [6.07, 6.45) is 3.08. The lowest BCUT2D eigenvalue weighted by Gasteiger charge is -1.98. The first-order valence-electron chi connectivity index (χ1n) is 5.90. The predicted octanol–water partition coefficient (Wildman–Crippen LogP) is 3.11. The monoisotopic (exact) mass is 306 g/mol. The lowest BCUT2D eigenvalue weighted by atomic mass is 10.1. The van der Waals surface area contributed by atoms with E-state index in [1.807, 2.05) is 0 Å². The van der Waals surface area contributed by atoms with Crippen molar-refractivity contribution in [1.29, 1.82) is 0 Å². The Kier molecular flexibility index (Phi) is 4.44. The van der Waals surface area contributed by atoms with E-state index in [1.54, 1.807) is 11.5 Å². The van der Waals surface area contributed by atoms with Crippen molar-refractivity contribution < 1.29 is 19.1 Å². The number of halogens is 1. The Morgan fingerprint density at radius 1 is 1.38 bits per heavy atom. The van der Waals surface area contributed by atoms with Gasteiger partial charge in [0.15, 0.2) is 5.13 Å². The molecule has 1 aromatic heterocycles. The molecule has 0 unspecified atom stereocenters. The van der Waals surface area contributed by atoms with E-state index in [2.05, 4.69) is 10.3 Å². The largest absolute Gasteiger partial charge is 0.478 e. The Balaban J connectivity index is 2.15. The average Bonchev–Trinajstić information content (AvgIpc) is 2.83. The van der Waals surface area contributed by atoms with Gasteiger partial charge in [-0.15, -0.1) is 11.3 Å². The number of carboxylic acid groups (broad SMARTS) is 1. The van der Waals surface area contributed by atoms with E-state index in [-0.39, 0.29) is 17.0 Å². The number of benzene rings is 1. The minimum Gasteiger partial charge on any atom is -0.478 e. The lowest BCUT2D eigenvalue weighted by molar-refractivity contribution is -0.114. The first-order valence-corrected chi connectivity index (χ1v) is 6.77. The normalized spacial score (nSPS) is 10.8. The number of carbonyl (C=O) groups is 2. The van der Waals surface area contributed by atoms with E-state index in [0.717, 1.165) is 6.07 Å². The Labute approximate surface area is 123 Å². The van der Waals surface area contributed by atoms with E-state index in [0.29, 0.717) is 10.8 Å². The highest BCUT2D eigenvalue weighted by molar-refractivity contribution is 7.14. The molecule has 0 saturated carbocycles. The minimum atomic E-state index is -1.18. The molecule has 5 nitrogen and oxygen atoms in total. The summed E-state index contributed by atoms with van der Waals surface area (Å²) >= 11 is 1.26. The molecule has 0 aliphatic rings. The standard InChI is InChI=1S/C14H11FN2O3S/c1-8(18)16-14-17-11(7-21-14)5-4-9-2-3-10(13(19)20)6-12(9)15/h2-7H,1H3,(H,19,20)(H,16,17,18)/b5-4+. The van der Waals surface area contributed by atoms with Crippen molar-refractivity contribution in [2.75, 3.05) is 5.32 Å². The van der Waals surface area contributed by atoms with Crippen LogP contribution in [0.25, 0.3) is 12.2 Å². The third-order valence-electron chi connectivity index (χ3n) is 2.49. The maximum absolute atomic E-state index is 13.7. The highest BCUT2D eigenvalue weighted by atomic mass is 32.1. The number of carbonyl (C=O) groups excluding carboxylic acids is 1. The van der Waals surface area contributed by atoms with Crippen molar-refractivity contribution in [3.63, 3.8) is 0 Å². The Bertz CT molecular complexity index is 725. The summed E-state index contributed by atoms with van der Waals surface area (Å²) in [7, 11) is 0. The molecule has 0 atom stereocenters. The molecular formula is C14H11FN2O3S. The molecule has 2 rings (SSSR count). The topological polar surface area (TPSA) is 79.3 Å². The van der Waals surface area contributed by atoms with Crippen LogP contribution in [-0.2, 0) is 4.79 Å². The average molecular weight is 306 g/mol. The van der Waals surface area contributed by atoms with E-state index in [4.69, 9.17) is 5.11 Å². The molecule has 1 heterocycles. The van der Waals surface area contributed by atoms with E-state index >= 15 is 0 Å². The van der Waals surface area contributed by atoms with Crippen LogP contribution in [0.3, 0.4) is 0 Å². The molecule has 0 bridgehead atoms. The molecule has 21 heavy (non-hydrogen) atoms. The molecule has 0 saturated heterocycles. The summed E-state index contributed by atoms with van der Waals surface area (Å²) < 4.78 is 13.7. The molecule has 7 heteroatoms. The number of anilines is 1. The third-order valence-corrected chi connectivity index (χ3v) is 3.26. The van der Waals surface area contributed by atoms with Crippen LogP contribution in [0.4, 0.5) is 9.52 Å². The number of hydrogen-bond acceptors (Lipinski definition) is 4. The van der Waals surface area contributed by atoms with Gasteiger partial charge in [0.2, 0.25) is 5.91 Å². The Morgan fingerprint density at radius 3 is 2.76 bits per heavy atom. The molecule has 108 valence electrons. The van der Waals surface area contributed by atoms with Gasteiger partial charge in [-0.25, -0.2) is 14.2 Å². The summed E-state index contributed by atoms with van der Waals surface area (Å²) in [5.41, 5.74) is 0.728. The van der Waals surface area contributed by atoms with Crippen molar-refractivity contribution in [2.24, 2.45) is 0 Å². The van der Waals surface area contributed by atoms with Gasteiger partial charge >= 0.3 is 5.97 Å². The zero-order valence-corrected chi connectivity index (χ0v) is 11.8. The van der Waals surface area contributed by atoms with E-state index < -0.39 is 11.8 Å². The first-order chi connectivity index (χ1) is 9.95. The number of nitrogens with one attached hydrogen (secondary N) is 1. The van der Waals surface area contributed by atoms with Crippen LogP contribution < -0.4 is 5.32 Å². The molecule has 0 aliphatic heterocycles. The number of hydrogen-bond donors (Lipinski definition) is 2. The van der Waals surface area contributed by atoms with Gasteiger partial charge in [0.25, 0.3) is 0 Å². The van der Waals surface area contributed by atoms with Crippen molar-refractivity contribution in [3.8, 4) is 0 Å². The molecule has 1 aromatic carbocycles. The number of carboxylic acids is 1. The fourth-order valence-electron chi connectivity index (χ4n) is 1.54. The maximum Gasteiger partial charge on any atom is 0.335 e. The Hall–Kier alpha value is -2.54. The van der Waals surface area contributed by atoms with Crippen LogP contribution in [0.2, 0.25) is 0 Å². The minimum absolute atomic E-state index is 0.105. The smallest absolute Gasteiger partial charge is 0.335 e. The third kappa shape index (κ3) is 3.96. The van der Waals surface area contributed by atoms with Gasteiger partial charge in [0, 0.05) is 17.9 Å². The number of nitrogens with zero attached hydrogens (tertiary/aromatic N) is 1. The van der Waals surface area contributed by atoms with E-state index in [1.165, 1.54) is 36.5 Å². The van der Waals surface area contributed by atoms with Crippen molar-refractivity contribution >= 4 is 40.5 Å². The maximum atomic E-state index is 13.7. The first kappa shape index (κ1) is 14.9. The van der Waals surface area contributed by atoms with Gasteiger partial charge in [-0.2, -0.15) is 0 Å². The van der Waals surface area contributed by atoms with Gasteiger partial charge < -0.3 is 10.4 Å². The summed E-state index contributed by atoms with van der Waals surface area (Å²) in [4.78, 5) is 25.7. The molecule has 2 N–H and O–H groups in total. The van der Waals surface area contributed by atoms with Gasteiger partial charge in [-0.05, 0) is 24.3 Å². The quantitative estimate of drug-likeness (QED) is 0.909. The van der Waals surface area contributed by atoms with Gasteiger partial charge in [0.05, 0.1) is 11.3 Å². The highest BCUT2D eigenvalue weighted by Crippen LogP contribution is 2.18. The van der Waals surface area contributed by atoms with Crippen molar-refractivity contribution in [3.05, 3.63) is 46.2 Å². The number of aromatic nitrogens is 1. The second kappa shape index (κ2) is 6.27. The van der Waals surface area contributed by atoms with Gasteiger partial charge in [-0.3, -0.25) is 4.79 Å².